The molecule has 7 nitrogen and oxygen atoms in total. The van der Waals surface area contributed by atoms with Crippen LogP contribution in [0.2, 0.25) is 0 Å². The van der Waals surface area contributed by atoms with Crippen molar-refractivity contribution in [1.82, 2.24) is 15.1 Å². The third-order valence-electron chi connectivity index (χ3n) is 5.92. The number of benzene rings is 2. The van der Waals surface area contributed by atoms with E-state index in [-0.39, 0.29) is 29.8 Å². The van der Waals surface area contributed by atoms with Crippen LogP contribution < -0.4 is 15.8 Å². The SMILES string of the molecule is COc1ccc(-n2ccc(C(F)(F)F)n2)c(CCC(=O)[C@H](C)NC(=O)[C@@H](N)CCc2ccccc2)c1F. The second kappa shape index (κ2) is 12.0. The van der Waals surface area contributed by atoms with Gasteiger partial charge in [-0.3, -0.25) is 9.59 Å². The fourth-order valence-electron chi connectivity index (χ4n) is 3.77. The van der Waals surface area contributed by atoms with E-state index in [1.165, 1.54) is 26.2 Å². The third-order valence-corrected chi connectivity index (χ3v) is 5.92. The molecular weight excluding hydrogens is 492 g/mol. The van der Waals surface area contributed by atoms with Crippen molar-refractivity contribution in [3.05, 3.63) is 77.4 Å². The summed E-state index contributed by atoms with van der Waals surface area (Å²) in [7, 11) is 1.25. The van der Waals surface area contributed by atoms with Gasteiger partial charge in [-0.1, -0.05) is 30.3 Å². The molecule has 1 amide bonds. The van der Waals surface area contributed by atoms with Crippen LogP contribution in [0.1, 0.15) is 36.6 Å². The minimum atomic E-state index is -4.66. The molecule has 2 aromatic carbocycles. The Labute approximate surface area is 211 Å². The molecule has 1 heterocycles. The van der Waals surface area contributed by atoms with Gasteiger partial charge in [-0.2, -0.15) is 18.3 Å². The Morgan fingerprint density at radius 2 is 1.81 bits per heavy atom. The number of amides is 1. The van der Waals surface area contributed by atoms with Gasteiger partial charge in [0, 0.05) is 18.2 Å². The van der Waals surface area contributed by atoms with Gasteiger partial charge in [0.25, 0.3) is 0 Å². The van der Waals surface area contributed by atoms with E-state index in [1.807, 2.05) is 30.3 Å². The molecule has 0 aliphatic carbocycles. The third kappa shape index (κ3) is 7.16. The molecule has 0 aliphatic heterocycles. The summed E-state index contributed by atoms with van der Waals surface area (Å²) in [5.41, 5.74) is 5.87. The highest BCUT2D eigenvalue weighted by Gasteiger charge is 2.34. The summed E-state index contributed by atoms with van der Waals surface area (Å²) in [6.45, 7) is 1.50. The number of ether oxygens (including phenoxy) is 1. The lowest BCUT2D eigenvalue weighted by atomic mass is 10.0. The van der Waals surface area contributed by atoms with Crippen LogP contribution in [-0.2, 0) is 28.6 Å². The number of nitrogens with one attached hydrogen (secondary N) is 1. The average Bonchev–Trinajstić information content (AvgIpc) is 3.37. The van der Waals surface area contributed by atoms with Crippen LogP contribution >= 0.6 is 0 Å². The van der Waals surface area contributed by atoms with Crippen LogP contribution in [0.15, 0.2) is 54.7 Å². The molecule has 11 heteroatoms. The first-order valence-corrected chi connectivity index (χ1v) is 11.6. The van der Waals surface area contributed by atoms with Crippen LogP contribution in [0.4, 0.5) is 17.6 Å². The van der Waals surface area contributed by atoms with Crippen LogP contribution in [-0.4, -0.2) is 40.7 Å². The van der Waals surface area contributed by atoms with Crippen molar-refractivity contribution in [3.63, 3.8) is 0 Å². The molecule has 0 bridgehead atoms. The lowest BCUT2D eigenvalue weighted by Crippen LogP contribution is -2.47. The van der Waals surface area contributed by atoms with Crippen LogP contribution in [0.3, 0.4) is 0 Å². The van der Waals surface area contributed by atoms with Crippen molar-refractivity contribution in [2.24, 2.45) is 5.73 Å². The second-order valence-corrected chi connectivity index (χ2v) is 8.55. The largest absolute Gasteiger partial charge is 0.494 e. The number of nitrogens with zero attached hydrogens (tertiary/aromatic N) is 2. The van der Waals surface area contributed by atoms with Gasteiger partial charge in [0.1, 0.15) is 0 Å². The summed E-state index contributed by atoms with van der Waals surface area (Å²) in [5, 5.41) is 6.08. The highest BCUT2D eigenvalue weighted by atomic mass is 19.4. The van der Waals surface area contributed by atoms with E-state index in [9.17, 15) is 22.8 Å². The van der Waals surface area contributed by atoms with Gasteiger partial charge in [0.15, 0.2) is 23.0 Å². The fraction of sp³-hybridized carbons (Fsp3) is 0.346. The number of Topliss-reactive ketones (excluding diaryl/α,β-unsaturated/α-hetero) is 1. The van der Waals surface area contributed by atoms with Gasteiger partial charge in [0.05, 0.1) is 24.9 Å². The monoisotopic (exact) mass is 520 g/mol. The molecule has 37 heavy (non-hydrogen) atoms. The number of alkyl halides is 3. The number of methoxy groups -OCH3 is 1. The van der Waals surface area contributed by atoms with Crippen molar-refractivity contribution >= 4 is 11.7 Å². The molecular formula is C26H28F4N4O3. The zero-order valence-electron chi connectivity index (χ0n) is 20.4. The number of hydrogen-bond donors (Lipinski definition) is 2. The molecule has 2 atom stereocenters. The number of hydrogen-bond acceptors (Lipinski definition) is 5. The molecule has 0 aliphatic rings. The lowest BCUT2D eigenvalue weighted by molar-refractivity contribution is -0.141. The van der Waals surface area contributed by atoms with E-state index in [4.69, 9.17) is 10.5 Å². The quantitative estimate of drug-likeness (QED) is 0.373. The number of rotatable bonds is 11. The van der Waals surface area contributed by atoms with Gasteiger partial charge >= 0.3 is 6.18 Å². The summed E-state index contributed by atoms with van der Waals surface area (Å²) in [4.78, 5) is 25.2. The molecule has 3 N–H and O–H groups in total. The fourth-order valence-corrected chi connectivity index (χ4v) is 3.77. The van der Waals surface area contributed by atoms with Crippen LogP contribution in [0.5, 0.6) is 5.75 Å². The number of carbonyl (C=O) groups is 2. The second-order valence-electron chi connectivity index (χ2n) is 8.55. The first-order chi connectivity index (χ1) is 17.5. The molecule has 0 saturated heterocycles. The van der Waals surface area contributed by atoms with Crippen molar-refractivity contribution in [1.29, 1.82) is 0 Å². The minimum absolute atomic E-state index is 0.0392. The molecule has 0 unspecified atom stereocenters. The van der Waals surface area contributed by atoms with Gasteiger partial charge in [-0.05, 0) is 49.9 Å². The van der Waals surface area contributed by atoms with Crippen molar-refractivity contribution in [3.8, 4) is 11.4 Å². The van der Waals surface area contributed by atoms with Gasteiger partial charge in [0.2, 0.25) is 5.91 Å². The molecule has 198 valence electrons. The molecule has 0 radical (unpaired) electrons. The summed E-state index contributed by atoms with van der Waals surface area (Å²) in [5.74, 6) is -1.81. The van der Waals surface area contributed by atoms with E-state index < -0.39 is 41.5 Å². The highest BCUT2D eigenvalue weighted by Crippen LogP contribution is 2.31. The highest BCUT2D eigenvalue weighted by molar-refractivity contribution is 5.90. The van der Waals surface area contributed by atoms with E-state index >= 15 is 4.39 Å². The molecule has 0 spiro atoms. The molecule has 3 aromatic rings. The average molecular weight is 521 g/mol. The Morgan fingerprint density at radius 1 is 1.11 bits per heavy atom. The maximum absolute atomic E-state index is 15.1. The first-order valence-electron chi connectivity index (χ1n) is 11.6. The Balaban J connectivity index is 1.66. The summed E-state index contributed by atoms with van der Waals surface area (Å²) < 4.78 is 59.9. The molecule has 0 saturated carbocycles. The number of aromatic nitrogens is 2. The van der Waals surface area contributed by atoms with E-state index in [0.717, 1.165) is 22.5 Å². The number of carbonyl (C=O) groups excluding carboxylic acids is 2. The normalized spacial score (nSPS) is 13.2. The minimum Gasteiger partial charge on any atom is -0.494 e. The van der Waals surface area contributed by atoms with Crippen LogP contribution in [0, 0.1) is 5.82 Å². The van der Waals surface area contributed by atoms with Gasteiger partial charge in [-0.15, -0.1) is 0 Å². The zero-order valence-corrected chi connectivity index (χ0v) is 20.4. The number of nitrogens with two attached hydrogens (primary N) is 1. The lowest BCUT2D eigenvalue weighted by Gasteiger charge is -2.18. The number of aryl methyl sites for hydroxylation is 1. The molecule has 3 rings (SSSR count). The maximum atomic E-state index is 15.1. The number of halogens is 4. The van der Waals surface area contributed by atoms with Crippen molar-refractivity contribution < 1.29 is 31.9 Å². The summed E-state index contributed by atoms with van der Waals surface area (Å²) in [6.07, 6.45) is -2.96. The number of ketones is 1. The Bertz CT molecular complexity index is 1230. The van der Waals surface area contributed by atoms with Gasteiger partial charge < -0.3 is 15.8 Å². The van der Waals surface area contributed by atoms with E-state index in [1.54, 1.807) is 0 Å². The van der Waals surface area contributed by atoms with Crippen LogP contribution in [0.25, 0.3) is 5.69 Å². The van der Waals surface area contributed by atoms with E-state index in [2.05, 4.69) is 10.4 Å². The Morgan fingerprint density at radius 3 is 2.43 bits per heavy atom. The Kier molecular flexibility index (Phi) is 9.04. The summed E-state index contributed by atoms with van der Waals surface area (Å²) >= 11 is 0. The maximum Gasteiger partial charge on any atom is 0.435 e. The van der Waals surface area contributed by atoms with E-state index in [0.29, 0.717) is 12.8 Å². The van der Waals surface area contributed by atoms with Gasteiger partial charge in [-0.25, -0.2) is 9.07 Å². The topological polar surface area (TPSA) is 99.2 Å². The zero-order chi connectivity index (χ0) is 27.2. The Hall–Kier alpha value is -3.73. The van der Waals surface area contributed by atoms with Crippen molar-refractivity contribution in [2.45, 2.75) is 50.9 Å². The smallest absolute Gasteiger partial charge is 0.435 e. The molecule has 0 fully saturated rings. The predicted molar refractivity (Wildman–Crippen MR) is 129 cm³/mol. The standard InChI is InChI=1S/C26H28F4N4O3/c1-16(32-25(36)19(31)10-8-17-6-4-3-5-7-17)21(35)12-9-18-20(11-13-22(37-2)24(18)27)34-15-14-23(33-34)26(28,29)30/h3-7,11,13-16,19H,8-10,12,31H2,1-2H3,(H,32,36)/t16-,19-/m0/s1. The molecule has 1 aromatic heterocycles. The predicted octanol–water partition coefficient (Wildman–Crippen LogP) is 4.01. The van der Waals surface area contributed by atoms with Crippen molar-refractivity contribution in [2.75, 3.05) is 7.11 Å². The first kappa shape index (κ1) is 27.9. The summed E-state index contributed by atoms with van der Waals surface area (Å²) in [6, 6.07) is 11.2.